The summed E-state index contributed by atoms with van der Waals surface area (Å²) in [5, 5.41) is 0. The van der Waals surface area contributed by atoms with Gasteiger partial charge in [-0.05, 0) is 56.6 Å². The first-order valence-electron chi connectivity index (χ1n) is 9.43. The SMILES string of the molecule is CCn1c([C@@H]2CCCN2C(=O)C[C@@H](C)C2CC2)nc2ccccc21. The molecule has 4 rings (SSSR count). The van der Waals surface area contributed by atoms with E-state index in [2.05, 4.69) is 41.5 Å². The van der Waals surface area contributed by atoms with Crippen LogP contribution in [0.5, 0.6) is 0 Å². The fraction of sp³-hybridized carbons (Fsp3) is 0.600. The van der Waals surface area contributed by atoms with E-state index in [1.165, 1.54) is 18.4 Å². The lowest BCUT2D eigenvalue weighted by Gasteiger charge is -2.26. The number of carbonyl (C=O) groups is 1. The largest absolute Gasteiger partial charge is 0.332 e. The summed E-state index contributed by atoms with van der Waals surface area (Å²) in [5.74, 6) is 2.72. The minimum Gasteiger partial charge on any atom is -0.332 e. The number of aromatic nitrogens is 2. The lowest BCUT2D eigenvalue weighted by molar-refractivity contribution is -0.133. The van der Waals surface area contributed by atoms with Crippen molar-refractivity contribution in [2.45, 2.75) is 58.5 Å². The summed E-state index contributed by atoms with van der Waals surface area (Å²) in [6.07, 6.45) is 5.44. The molecule has 0 unspecified atom stereocenters. The van der Waals surface area contributed by atoms with E-state index >= 15 is 0 Å². The quantitative estimate of drug-likeness (QED) is 0.828. The maximum atomic E-state index is 12.9. The van der Waals surface area contributed by atoms with Crippen LogP contribution in [0.3, 0.4) is 0 Å². The highest BCUT2D eigenvalue weighted by Crippen LogP contribution is 2.40. The highest BCUT2D eigenvalue weighted by Gasteiger charge is 2.36. The van der Waals surface area contributed by atoms with Crippen molar-refractivity contribution in [3.63, 3.8) is 0 Å². The second-order valence-electron chi connectivity index (χ2n) is 7.47. The zero-order valence-corrected chi connectivity index (χ0v) is 14.7. The van der Waals surface area contributed by atoms with Crippen molar-refractivity contribution in [1.29, 1.82) is 0 Å². The summed E-state index contributed by atoms with van der Waals surface area (Å²) < 4.78 is 2.29. The van der Waals surface area contributed by atoms with Gasteiger partial charge in [-0.1, -0.05) is 19.1 Å². The summed E-state index contributed by atoms with van der Waals surface area (Å²) in [6.45, 7) is 6.18. The number of hydrogen-bond donors (Lipinski definition) is 0. The van der Waals surface area contributed by atoms with Crippen LogP contribution in [0, 0.1) is 11.8 Å². The average molecular weight is 325 g/mol. The molecule has 1 aromatic heterocycles. The van der Waals surface area contributed by atoms with Gasteiger partial charge in [0.25, 0.3) is 0 Å². The van der Waals surface area contributed by atoms with Crippen LogP contribution in [0.15, 0.2) is 24.3 Å². The molecule has 0 bridgehead atoms. The molecule has 4 nitrogen and oxygen atoms in total. The molecular formula is C20H27N3O. The van der Waals surface area contributed by atoms with Gasteiger partial charge < -0.3 is 9.47 Å². The van der Waals surface area contributed by atoms with Gasteiger partial charge in [0.05, 0.1) is 17.1 Å². The number of fused-ring (bicyclic) bond motifs is 1. The van der Waals surface area contributed by atoms with Crippen molar-refractivity contribution in [3.8, 4) is 0 Å². The molecule has 128 valence electrons. The molecule has 0 N–H and O–H groups in total. The third-order valence-electron chi connectivity index (χ3n) is 5.79. The summed E-state index contributed by atoms with van der Waals surface area (Å²) in [6, 6.07) is 8.45. The van der Waals surface area contributed by atoms with E-state index in [4.69, 9.17) is 4.98 Å². The molecule has 2 fully saturated rings. The Morgan fingerprint density at radius 3 is 2.83 bits per heavy atom. The van der Waals surface area contributed by atoms with Gasteiger partial charge in [0.15, 0.2) is 0 Å². The number of amides is 1. The standard InChI is InChI=1S/C20H27N3O/c1-3-22-17-8-5-4-7-16(17)21-20(22)18-9-6-12-23(18)19(24)13-14(2)15-10-11-15/h4-5,7-8,14-15,18H,3,6,9-13H2,1-2H3/t14-,18+/m1/s1. The first kappa shape index (κ1) is 15.7. The minimum atomic E-state index is 0.149. The van der Waals surface area contributed by atoms with E-state index in [9.17, 15) is 4.79 Å². The van der Waals surface area contributed by atoms with Gasteiger partial charge in [-0.15, -0.1) is 0 Å². The van der Waals surface area contributed by atoms with Gasteiger partial charge in [-0.3, -0.25) is 4.79 Å². The highest BCUT2D eigenvalue weighted by molar-refractivity contribution is 5.78. The Bertz CT molecular complexity index is 746. The third-order valence-corrected chi connectivity index (χ3v) is 5.79. The van der Waals surface area contributed by atoms with Crippen molar-refractivity contribution in [1.82, 2.24) is 14.5 Å². The van der Waals surface area contributed by atoms with Crippen LogP contribution in [0.25, 0.3) is 11.0 Å². The molecule has 2 heterocycles. The number of benzene rings is 1. The first-order chi connectivity index (χ1) is 11.7. The predicted octanol–water partition coefficient (Wildman–Crippen LogP) is 4.16. The summed E-state index contributed by atoms with van der Waals surface area (Å²) >= 11 is 0. The minimum absolute atomic E-state index is 0.149. The number of hydrogen-bond acceptors (Lipinski definition) is 2. The van der Waals surface area contributed by atoms with Gasteiger partial charge >= 0.3 is 0 Å². The summed E-state index contributed by atoms with van der Waals surface area (Å²) in [7, 11) is 0. The summed E-state index contributed by atoms with van der Waals surface area (Å²) in [4.78, 5) is 19.9. The molecule has 1 aromatic carbocycles. The van der Waals surface area contributed by atoms with Crippen LogP contribution in [-0.4, -0.2) is 26.9 Å². The zero-order valence-electron chi connectivity index (χ0n) is 14.7. The van der Waals surface area contributed by atoms with Crippen LogP contribution in [-0.2, 0) is 11.3 Å². The monoisotopic (exact) mass is 325 g/mol. The predicted molar refractivity (Wildman–Crippen MR) is 95.6 cm³/mol. The maximum absolute atomic E-state index is 12.9. The molecule has 1 amide bonds. The van der Waals surface area contributed by atoms with Crippen molar-refractivity contribution >= 4 is 16.9 Å². The van der Waals surface area contributed by atoms with Gasteiger partial charge in [0.2, 0.25) is 5.91 Å². The van der Waals surface area contributed by atoms with Crippen LogP contribution in [0.1, 0.15) is 57.8 Å². The van der Waals surface area contributed by atoms with E-state index in [0.717, 1.165) is 43.2 Å². The second kappa shape index (κ2) is 6.23. The number of para-hydroxylation sites is 2. The van der Waals surface area contributed by atoms with Crippen LogP contribution < -0.4 is 0 Å². The van der Waals surface area contributed by atoms with E-state index < -0.39 is 0 Å². The molecule has 2 aromatic rings. The Hall–Kier alpha value is -1.84. The Morgan fingerprint density at radius 2 is 2.08 bits per heavy atom. The smallest absolute Gasteiger partial charge is 0.223 e. The van der Waals surface area contributed by atoms with Crippen LogP contribution in [0.2, 0.25) is 0 Å². The number of nitrogens with zero attached hydrogens (tertiary/aromatic N) is 3. The Kier molecular flexibility index (Phi) is 4.07. The van der Waals surface area contributed by atoms with E-state index in [0.29, 0.717) is 18.2 Å². The van der Waals surface area contributed by atoms with Gasteiger partial charge in [0, 0.05) is 19.5 Å². The lowest BCUT2D eigenvalue weighted by atomic mass is 10.0. The maximum Gasteiger partial charge on any atom is 0.223 e. The fourth-order valence-electron chi connectivity index (χ4n) is 4.24. The zero-order chi connectivity index (χ0) is 16.7. The van der Waals surface area contributed by atoms with E-state index in [1.54, 1.807) is 0 Å². The van der Waals surface area contributed by atoms with Crippen molar-refractivity contribution in [3.05, 3.63) is 30.1 Å². The topological polar surface area (TPSA) is 38.1 Å². The molecule has 1 saturated carbocycles. The van der Waals surface area contributed by atoms with Gasteiger partial charge in [-0.2, -0.15) is 0 Å². The Balaban J connectivity index is 1.61. The molecule has 2 aliphatic rings. The first-order valence-corrected chi connectivity index (χ1v) is 9.43. The lowest BCUT2D eigenvalue weighted by Crippen LogP contribution is -2.33. The molecule has 2 atom stereocenters. The van der Waals surface area contributed by atoms with Crippen LogP contribution >= 0.6 is 0 Å². The third kappa shape index (κ3) is 2.72. The van der Waals surface area contributed by atoms with Crippen molar-refractivity contribution < 1.29 is 4.79 Å². The Labute approximate surface area is 143 Å². The fourth-order valence-corrected chi connectivity index (χ4v) is 4.24. The van der Waals surface area contributed by atoms with Gasteiger partial charge in [-0.25, -0.2) is 4.98 Å². The molecule has 4 heteroatoms. The molecule has 1 aliphatic carbocycles. The molecule has 0 spiro atoms. The highest BCUT2D eigenvalue weighted by atomic mass is 16.2. The number of imidazole rings is 1. The van der Waals surface area contributed by atoms with Gasteiger partial charge in [0.1, 0.15) is 5.82 Å². The van der Waals surface area contributed by atoms with Crippen LogP contribution in [0.4, 0.5) is 0 Å². The molecule has 24 heavy (non-hydrogen) atoms. The Morgan fingerprint density at radius 1 is 1.29 bits per heavy atom. The van der Waals surface area contributed by atoms with E-state index in [-0.39, 0.29) is 6.04 Å². The number of aryl methyl sites for hydroxylation is 1. The number of rotatable bonds is 5. The summed E-state index contributed by atoms with van der Waals surface area (Å²) in [5.41, 5.74) is 2.22. The molecule has 0 radical (unpaired) electrons. The van der Waals surface area contributed by atoms with Crippen molar-refractivity contribution in [2.75, 3.05) is 6.54 Å². The molecule has 1 aliphatic heterocycles. The second-order valence-corrected chi connectivity index (χ2v) is 7.47. The van der Waals surface area contributed by atoms with Crippen molar-refractivity contribution in [2.24, 2.45) is 11.8 Å². The number of likely N-dealkylation sites (tertiary alicyclic amines) is 1. The molecule has 1 saturated heterocycles. The normalized spacial score (nSPS) is 22.2. The molecular weight excluding hydrogens is 298 g/mol. The average Bonchev–Trinajstić information content (AvgIpc) is 3.21. The van der Waals surface area contributed by atoms with E-state index in [1.807, 2.05) is 6.07 Å². The number of carbonyl (C=O) groups excluding carboxylic acids is 1.